The van der Waals surface area contributed by atoms with E-state index in [1.807, 2.05) is 0 Å². The van der Waals surface area contributed by atoms with E-state index in [4.69, 9.17) is 5.11 Å². The van der Waals surface area contributed by atoms with Crippen molar-refractivity contribution < 1.29 is 9.90 Å². The molecular formula is C10H15NO2S. The lowest BCUT2D eigenvalue weighted by Crippen LogP contribution is -2.17. The molecule has 0 aromatic carbocycles. The summed E-state index contributed by atoms with van der Waals surface area (Å²) >= 11 is 1.72. The zero-order valence-corrected chi connectivity index (χ0v) is 9.06. The van der Waals surface area contributed by atoms with E-state index in [1.54, 1.807) is 11.3 Å². The van der Waals surface area contributed by atoms with Crippen molar-refractivity contribution in [2.45, 2.75) is 26.3 Å². The summed E-state index contributed by atoms with van der Waals surface area (Å²) in [5.74, 6) is -0.751. The highest BCUT2D eigenvalue weighted by Gasteiger charge is 2.02. The molecule has 78 valence electrons. The number of thiophene rings is 1. The number of nitrogens with one attached hydrogen (secondary N) is 1. The maximum absolute atomic E-state index is 10.2. The molecule has 0 aliphatic rings. The van der Waals surface area contributed by atoms with Gasteiger partial charge in [0.2, 0.25) is 0 Å². The van der Waals surface area contributed by atoms with Crippen molar-refractivity contribution in [3.05, 3.63) is 21.9 Å². The van der Waals surface area contributed by atoms with Crippen LogP contribution in [0.3, 0.4) is 0 Å². The third-order valence-corrected chi connectivity index (χ3v) is 2.98. The average molecular weight is 213 g/mol. The molecule has 2 N–H and O–H groups in total. The van der Waals surface area contributed by atoms with Crippen LogP contribution in [0.2, 0.25) is 0 Å². The van der Waals surface area contributed by atoms with Gasteiger partial charge in [0, 0.05) is 18.0 Å². The second-order valence-corrected chi connectivity index (χ2v) is 4.04. The molecule has 1 rings (SSSR count). The van der Waals surface area contributed by atoms with Gasteiger partial charge in [-0.3, -0.25) is 4.79 Å². The topological polar surface area (TPSA) is 49.3 Å². The van der Waals surface area contributed by atoms with Crippen LogP contribution in [0.4, 0.5) is 0 Å². The minimum absolute atomic E-state index is 0.187. The zero-order chi connectivity index (χ0) is 10.4. The van der Waals surface area contributed by atoms with Crippen molar-refractivity contribution in [3.8, 4) is 0 Å². The Morgan fingerprint density at radius 1 is 1.64 bits per heavy atom. The molecule has 0 saturated carbocycles. The molecule has 0 aliphatic heterocycles. The standard InChI is InChI=1S/C10H15NO2S/c1-2-8-4-6-14-9(8)7-11-5-3-10(12)13/h4,6,11H,2-3,5,7H2,1H3,(H,12,13). The number of carboxylic acids is 1. The first-order valence-electron chi connectivity index (χ1n) is 4.71. The van der Waals surface area contributed by atoms with E-state index < -0.39 is 5.97 Å². The lowest BCUT2D eigenvalue weighted by molar-refractivity contribution is -0.136. The minimum atomic E-state index is -0.751. The number of aliphatic carboxylic acids is 1. The lowest BCUT2D eigenvalue weighted by Gasteiger charge is -2.02. The van der Waals surface area contributed by atoms with Gasteiger partial charge in [0.1, 0.15) is 0 Å². The van der Waals surface area contributed by atoms with Crippen LogP contribution >= 0.6 is 11.3 Å². The van der Waals surface area contributed by atoms with Gasteiger partial charge in [-0.25, -0.2) is 0 Å². The highest BCUT2D eigenvalue weighted by atomic mass is 32.1. The Balaban J connectivity index is 2.27. The largest absolute Gasteiger partial charge is 0.481 e. The second-order valence-electron chi connectivity index (χ2n) is 3.04. The Morgan fingerprint density at radius 2 is 2.43 bits per heavy atom. The number of rotatable bonds is 6. The maximum atomic E-state index is 10.2. The van der Waals surface area contributed by atoms with Gasteiger partial charge in [-0.15, -0.1) is 11.3 Å². The molecule has 0 fully saturated rings. The SMILES string of the molecule is CCc1ccsc1CNCCC(=O)O. The van der Waals surface area contributed by atoms with Crippen molar-refractivity contribution in [2.24, 2.45) is 0 Å². The zero-order valence-electron chi connectivity index (χ0n) is 8.25. The van der Waals surface area contributed by atoms with E-state index in [9.17, 15) is 4.79 Å². The van der Waals surface area contributed by atoms with Crippen molar-refractivity contribution in [1.82, 2.24) is 5.32 Å². The van der Waals surface area contributed by atoms with Crippen LogP contribution in [-0.2, 0) is 17.8 Å². The van der Waals surface area contributed by atoms with Crippen LogP contribution in [0, 0.1) is 0 Å². The fraction of sp³-hybridized carbons (Fsp3) is 0.500. The fourth-order valence-corrected chi connectivity index (χ4v) is 2.18. The summed E-state index contributed by atoms with van der Waals surface area (Å²) < 4.78 is 0. The van der Waals surface area contributed by atoms with E-state index in [-0.39, 0.29) is 6.42 Å². The Bertz CT molecular complexity index is 296. The van der Waals surface area contributed by atoms with Crippen LogP contribution in [-0.4, -0.2) is 17.6 Å². The van der Waals surface area contributed by atoms with Crippen molar-refractivity contribution in [3.63, 3.8) is 0 Å². The van der Waals surface area contributed by atoms with Crippen LogP contribution in [0.25, 0.3) is 0 Å². The van der Waals surface area contributed by atoms with E-state index in [0.717, 1.165) is 13.0 Å². The summed E-state index contributed by atoms with van der Waals surface area (Å²) in [5, 5.41) is 13.6. The van der Waals surface area contributed by atoms with Gasteiger partial charge in [0.05, 0.1) is 6.42 Å². The molecule has 0 spiro atoms. The second kappa shape index (κ2) is 5.78. The van der Waals surface area contributed by atoms with Crippen LogP contribution in [0.5, 0.6) is 0 Å². The average Bonchev–Trinajstić information content (AvgIpc) is 2.59. The molecule has 0 aliphatic carbocycles. The normalized spacial score (nSPS) is 10.4. The molecule has 0 atom stereocenters. The summed E-state index contributed by atoms with van der Waals surface area (Å²) in [6.07, 6.45) is 1.23. The molecule has 14 heavy (non-hydrogen) atoms. The van der Waals surface area contributed by atoms with Crippen LogP contribution in [0.1, 0.15) is 23.8 Å². The van der Waals surface area contributed by atoms with Crippen molar-refractivity contribution >= 4 is 17.3 Å². The summed E-state index contributed by atoms with van der Waals surface area (Å²) in [4.78, 5) is 11.6. The van der Waals surface area contributed by atoms with Gasteiger partial charge in [0.25, 0.3) is 0 Å². The number of carboxylic acid groups (broad SMARTS) is 1. The molecular weight excluding hydrogens is 198 g/mol. The Kier molecular flexibility index (Phi) is 4.62. The molecule has 0 radical (unpaired) electrons. The monoisotopic (exact) mass is 213 g/mol. The molecule has 0 unspecified atom stereocenters. The van der Waals surface area contributed by atoms with Crippen LogP contribution < -0.4 is 5.32 Å². The quantitative estimate of drug-likeness (QED) is 0.709. The Morgan fingerprint density at radius 3 is 3.07 bits per heavy atom. The first-order valence-corrected chi connectivity index (χ1v) is 5.59. The van der Waals surface area contributed by atoms with E-state index >= 15 is 0 Å². The fourth-order valence-electron chi connectivity index (χ4n) is 1.23. The molecule has 1 aromatic heterocycles. The predicted molar refractivity (Wildman–Crippen MR) is 57.7 cm³/mol. The molecule has 1 aromatic rings. The third kappa shape index (κ3) is 3.47. The molecule has 0 amide bonds. The lowest BCUT2D eigenvalue weighted by atomic mass is 10.2. The van der Waals surface area contributed by atoms with Gasteiger partial charge < -0.3 is 10.4 Å². The van der Waals surface area contributed by atoms with Gasteiger partial charge in [-0.1, -0.05) is 6.92 Å². The molecule has 1 heterocycles. The molecule has 3 nitrogen and oxygen atoms in total. The van der Waals surface area contributed by atoms with E-state index in [2.05, 4.69) is 23.7 Å². The van der Waals surface area contributed by atoms with Crippen molar-refractivity contribution in [1.29, 1.82) is 0 Å². The Hall–Kier alpha value is -0.870. The number of hydrogen-bond donors (Lipinski definition) is 2. The van der Waals surface area contributed by atoms with Gasteiger partial charge in [-0.2, -0.15) is 0 Å². The van der Waals surface area contributed by atoms with E-state index in [1.165, 1.54) is 10.4 Å². The number of hydrogen-bond acceptors (Lipinski definition) is 3. The summed E-state index contributed by atoms with van der Waals surface area (Å²) in [5.41, 5.74) is 1.36. The maximum Gasteiger partial charge on any atom is 0.304 e. The van der Waals surface area contributed by atoms with Crippen LogP contribution in [0.15, 0.2) is 11.4 Å². The van der Waals surface area contributed by atoms with Gasteiger partial charge >= 0.3 is 5.97 Å². The molecule has 0 saturated heterocycles. The van der Waals surface area contributed by atoms with Gasteiger partial charge in [0.15, 0.2) is 0 Å². The number of carbonyl (C=O) groups is 1. The summed E-state index contributed by atoms with van der Waals surface area (Å²) in [7, 11) is 0. The molecule has 0 bridgehead atoms. The minimum Gasteiger partial charge on any atom is -0.481 e. The summed E-state index contributed by atoms with van der Waals surface area (Å²) in [6, 6.07) is 2.12. The predicted octanol–water partition coefficient (Wildman–Crippen LogP) is 1.87. The highest BCUT2D eigenvalue weighted by Crippen LogP contribution is 2.16. The van der Waals surface area contributed by atoms with Gasteiger partial charge in [-0.05, 0) is 23.4 Å². The summed E-state index contributed by atoms with van der Waals surface area (Å²) in [6.45, 7) is 3.45. The smallest absolute Gasteiger partial charge is 0.304 e. The number of aryl methyl sites for hydroxylation is 1. The highest BCUT2D eigenvalue weighted by molar-refractivity contribution is 7.10. The third-order valence-electron chi connectivity index (χ3n) is 2.02. The van der Waals surface area contributed by atoms with Crippen molar-refractivity contribution in [2.75, 3.05) is 6.54 Å². The van der Waals surface area contributed by atoms with E-state index in [0.29, 0.717) is 6.54 Å². The first kappa shape index (κ1) is 11.2. The molecule has 4 heteroatoms. The first-order chi connectivity index (χ1) is 6.74. The Labute approximate surface area is 87.8 Å².